The zero-order valence-electron chi connectivity index (χ0n) is 11.7. The van der Waals surface area contributed by atoms with Gasteiger partial charge in [0.05, 0.1) is 17.9 Å². The largest absolute Gasteiger partial charge is 0.481 e. The molecule has 0 unspecified atom stereocenters. The van der Waals surface area contributed by atoms with E-state index < -0.39 is 11.4 Å². The van der Waals surface area contributed by atoms with Crippen LogP contribution in [0.5, 0.6) is 0 Å². The minimum Gasteiger partial charge on any atom is -0.481 e. The minimum absolute atomic E-state index is 0.134. The number of carbonyl (C=O) groups is 2. The number of carboxylic acid groups (broad SMARTS) is 1. The summed E-state index contributed by atoms with van der Waals surface area (Å²) >= 11 is 0. The maximum atomic E-state index is 11.6. The first-order valence-corrected chi connectivity index (χ1v) is 5.89. The van der Waals surface area contributed by atoms with Gasteiger partial charge in [-0.2, -0.15) is 0 Å². The molecule has 1 N–H and O–H groups in total. The molecule has 0 heterocycles. The average Bonchev–Trinajstić information content (AvgIpc) is 1.96. The summed E-state index contributed by atoms with van der Waals surface area (Å²) < 4.78 is 5.07. The molecular formula is C13H24O4. The Bertz CT molecular complexity index is 290. The fraction of sp³-hybridized carbons (Fsp3) is 0.846. The van der Waals surface area contributed by atoms with Gasteiger partial charge >= 0.3 is 11.9 Å². The maximum Gasteiger partial charge on any atom is 0.309 e. The lowest BCUT2D eigenvalue weighted by atomic mass is 9.73. The van der Waals surface area contributed by atoms with Crippen molar-refractivity contribution in [2.45, 2.75) is 60.5 Å². The third kappa shape index (κ3) is 6.29. The van der Waals surface area contributed by atoms with Crippen molar-refractivity contribution in [2.75, 3.05) is 0 Å². The quantitative estimate of drug-likeness (QED) is 0.730. The van der Waals surface area contributed by atoms with E-state index in [1.165, 1.54) is 0 Å². The first-order valence-electron chi connectivity index (χ1n) is 5.89. The first kappa shape index (κ1) is 15.9. The summed E-state index contributed by atoms with van der Waals surface area (Å²) in [5.41, 5.74) is -1.21. The van der Waals surface area contributed by atoms with Crippen LogP contribution in [0.1, 0.15) is 54.4 Å². The summed E-state index contributed by atoms with van der Waals surface area (Å²) in [6.45, 7) is 10.7. The molecule has 4 heteroatoms. The summed E-state index contributed by atoms with van der Waals surface area (Å²) in [7, 11) is 0. The van der Waals surface area contributed by atoms with E-state index in [0.29, 0.717) is 6.42 Å². The van der Waals surface area contributed by atoms with Crippen LogP contribution in [0.4, 0.5) is 0 Å². The molecule has 0 spiro atoms. The number of aliphatic carboxylic acids is 1. The summed E-state index contributed by atoms with van der Waals surface area (Å²) in [6.07, 6.45) is 0.538. The highest BCUT2D eigenvalue weighted by molar-refractivity contribution is 5.74. The molecule has 0 bridgehead atoms. The van der Waals surface area contributed by atoms with Crippen molar-refractivity contribution >= 4 is 11.9 Å². The standard InChI is InChI=1S/C13H24O4/c1-9(2)17-10(14)7-12(3,4)8-13(5,6)11(15)16/h9H,7-8H2,1-6H3,(H,15,16). The van der Waals surface area contributed by atoms with Crippen LogP contribution in [0.15, 0.2) is 0 Å². The molecule has 100 valence electrons. The van der Waals surface area contributed by atoms with Gasteiger partial charge in [-0.15, -0.1) is 0 Å². The molecule has 0 saturated carbocycles. The van der Waals surface area contributed by atoms with Crippen molar-refractivity contribution < 1.29 is 19.4 Å². The van der Waals surface area contributed by atoms with Crippen LogP contribution in [0.2, 0.25) is 0 Å². The van der Waals surface area contributed by atoms with Gasteiger partial charge in [0.2, 0.25) is 0 Å². The molecule has 0 amide bonds. The Morgan fingerprint density at radius 3 is 2.00 bits per heavy atom. The summed E-state index contributed by atoms with van der Waals surface area (Å²) in [5.74, 6) is -1.12. The Morgan fingerprint density at radius 1 is 1.18 bits per heavy atom. The van der Waals surface area contributed by atoms with E-state index in [4.69, 9.17) is 9.84 Å². The molecule has 0 aliphatic heterocycles. The molecule has 0 aromatic heterocycles. The fourth-order valence-electron chi connectivity index (χ4n) is 2.03. The van der Waals surface area contributed by atoms with Gasteiger partial charge in [0.15, 0.2) is 0 Å². The maximum absolute atomic E-state index is 11.6. The second-order valence-corrected chi connectivity index (χ2v) is 6.25. The average molecular weight is 244 g/mol. The summed E-state index contributed by atoms with van der Waals surface area (Å²) in [6, 6.07) is 0. The van der Waals surface area contributed by atoms with Gasteiger partial charge in [0.25, 0.3) is 0 Å². The number of hydrogen-bond acceptors (Lipinski definition) is 3. The van der Waals surface area contributed by atoms with E-state index in [-0.39, 0.29) is 23.9 Å². The Labute approximate surface area is 103 Å². The van der Waals surface area contributed by atoms with Gasteiger partial charge in [-0.1, -0.05) is 13.8 Å². The molecule has 0 fully saturated rings. The molecule has 0 aliphatic carbocycles. The van der Waals surface area contributed by atoms with Gasteiger partial charge < -0.3 is 9.84 Å². The number of esters is 1. The van der Waals surface area contributed by atoms with E-state index in [1.807, 2.05) is 13.8 Å². The third-order valence-corrected chi connectivity index (χ3v) is 2.49. The van der Waals surface area contributed by atoms with E-state index in [9.17, 15) is 9.59 Å². The molecule has 0 aromatic rings. The molecular weight excluding hydrogens is 220 g/mol. The van der Waals surface area contributed by atoms with Crippen LogP contribution in [0, 0.1) is 10.8 Å². The molecule has 0 aromatic carbocycles. The van der Waals surface area contributed by atoms with Crippen molar-refractivity contribution in [3.05, 3.63) is 0 Å². The van der Waals surface area contributed by atoms with Gasteiger partial charge in [0.1, 0.15) is 0 Å². The Morgan fingerprint density at radius 2 is 1.65 bits per heavy atom. The van der Waals surface area contributed by atoms with Gasteiger partial charge in [-0.05, 0) is 39.5 Å². The van der Waals surface area contributed by atoms with Crippen molar-refractivity contribution in [3.8, 4) is 0 Å². The monoisotopic (exact) mass is 244 g/mol. The zero-order valence-corrected chi connectivity index (χ0v) is 11.7. The molecule has 4 nitrogen and oxygen atoms in total. The summed E-state index contributed by atoms with van der Waals surface area (Å²) in [4.78, 5) is 22.6. The van der Waals surface area contributed by atoms with Crippen LogP contribution in [0.25, 0.3) is 0 Å². The fourth-order valence-corrected chi connectivity index (χ4v) is 2.03. The molecule has 17 heavy (non-hydrogen) atoms. The number of carbonyl (C=O) groups excluding carboxylic acids is 1. The van der Waals surface area contributed by atoms with E-state index in [2.05, 4.69) is 0 Å². The Hall–Kier alpha value is -1.06. The van der Waals surface area contributed by atoms with Gasteiger partial charge in [-0.3, -0.25) is 9.59 Å². The van der Waals surface area contributed by atoms with Crippen LogP contribution in [-0.4, -0.2) is 23.1 Å². The SMILES string of the molecule is CC(C)OC(=O)CC(C)(C)CC(C)(C)C(=O)O. The van der Waals surface area contributed by atoms with Crippen molar-refractivity contribution in [1.29, 1.82) is 0 Å². The van der Waals surface area contributed by atoms with Crippen molar-refractivity contribution in [2.24, 2.45) is 10.8 Å². The second kappa shape index (κ2) is 5.52. The topological polar surface area (TPSA) is 63.6 Å². The minimum atomic E-state index is -0.845. The van der Waals surface area contributed by atoms with E-state index in [1.54, 1.807) is 27.7 Å². The first-order chi connectivity index (χ1) is 7.46. The highest BCUT2D eigenvalue weighted by Gasteiger charge is 2.36. The van der Waals surface area contributed by atoms with Gasteiger partial charge in [0, 0.05) is 0 Å². The second-order valence-electron chi connectivity index (χ2n) is 6.25. The highest BCUT2D eigenvalue weighted by Crippen LogP contribution is 2.36. The molecule has 0 rings (SSSR count). The predicted octanol–water partition coefficient (Wildman–Crippen LogP) is 2.86. The predicted molar refractivity (Wildman–Crippen MR) is 65.7 cm³/mol. The number of ether oxygens (including phenoxy) is 1. The van der Waals surface area contributed by atoms with E-state index in [0.717, 1.165) is 0 Å². The Balaban J connectivity index is 4.49. The lowest BCUT2D eigenvalue weighted by Crippen LogP contribution is -2.32. The molecule has 0 radical (unpaired) electrons. The normalized spacial score (nSPS) is 12.6. The van der Waals surface area contributed by atoms with Gasteiger partial charge in [-0.25, -0.2) is 0 Å². The van der Waals surface area contributed by atoms with Crippen LogP contribution in [-0.2, 0) is 14.3 Å². The van der Waals surface area contributed by atoms with Crippen LogP contribution >= 0.6 is 0 Å². The van der Waals surface area contributed by atoms with Crippen molar-refractivity contribution in [3.63, 3.8) is 0 Å². The molecule has 0 saturated heterocycles. The smallest absolute Gasteiger partial charge is 0.309 e. The number of carboxylic acids is 1. The van der Waals surface area contributed by atoms with Crippen molar-refractivity contribution in [1.82, 2.24) is 0 Å². The highest BCUT2D eigenvalue weighted by atomic mass is 16.5. The molecule has 0 aliphatic rings. The Kier molecular flexibility index (Phi) is 5.17. The third-order valence-electron chi connectivity index (χ3n) is 2.49. The number of hydrogen-bond donors (Lipinski definition) is 1. The van der Waals surface area contributed by atoms with E-state index >= 15 is 0 Å². The zero-order chi connectivity index (χ0) is 13.9. The lowest BCUT2D eigenvalue weighted by Gasteiger charge is -2.31. The lowest BCUT2D eigenvalue weighted by molar-refractivity contribution is -0.154. The number of rotatable bonds is 6. The molecule has 0 atom stereocenters. The van der Waals surface area contributed by atoms with Crippen LogP contribution in [0.3, 0.4) is 0 Å². The van der Waals surface area contributed by atoms with Crippen LogP contribution < -0.4 is 0 Å². The summed E-state index contributed by atoms with van der Waals surface area (Å²) in [5, 5.41) is 9.07.